The van der Waals surface area contributed by atoms with Gasteiger partial charge >= 0.3 is 5.97 Å². The Morgan fingerprint density at radius 3 is 2.61 bits per heavy atom. The van der Waals surface area contributed by atoms with E-state index in [9.17, 15) is 15.0 Å². The summed E-state index contributed by atoms with van der Waals surface area (Å²) in [7, 11) is 3.90. The molecule has 2 aromatic rings. The van der Waals surface area contributed by atoms with E-state index in [-0.39, 0.29) is 27.8 Å². The van der Waals surface area contributed by atoms with Gasteiger partial charge in [0.15, 0.2) is 0 Å². The van der Waals surface area contributed by atoms with E-state index in [1.165, 1.54) is 12.1 Å². The lowest BCUT2D eigenvalue weighted by atomic mass is 9.70. The van der Waals surface area contributed by atoms with Crippen molar-refractivity contribution in [3.63, 3.8) is 0 Å². The average Bonchev–Trinajstić information content (AvgIpc) is 2.64. The molecule has 0 aliphatic heterocycles. The van der Waals surface area contributed by atoms with Crippen molar-refractivity contribution in [2.24, 2.45) is 5.92 Å². The first-order valence-corrected chi connectivity index (χ1v) is 9.87. The largest absolute Gasteiger partial charge is 0.507 e. The maximum Gasteiger partial charge on any atom is 0.347 e. The Labute approximate surface area is 170 Å². The number of carbonyl (C=O) groups is 1. The van der Waals surface area contributed by atoms with Crippen LogP contribution in [0.15, 0.2) is 42.5 Å². The Morgan fingerprint density at radius 1 is 1.21 bits per heavy atom. The van der Waals surface area contributed by atoms with Crippen LogP contribution in [0.3, 0.4) is 0 Å². The van der Waals surface area contributed by atoms with Crippen molar-refractivity contribution in [3.05, 3.63) is 58.6 Å². The van der Waals surface area contributed by atoms with Crippen LogP contribution in [-0.4, -0.2) is 41.7 Å². The van der Waals surface area contributed by atoms with Crippen LogP contribution in [-0.2, 0) is 5.60 Å². The van der Waals surface area contributed by atoms with Crippen LogP contribution in [0.25, 0.3) is 0 Å². The van der Waals surface area contributed by atoms with Crippen LogP contribution in [0.5, 0.6) is 11.5 Å². The number of phenols is 1. The molecule has 2 atom stereocenters. The van der Waals surface area contributed by atoms with Crippen LogP contribution in [0.4, 0.5) is 0 Å². The highest BCUT2D eigenvalue weighted by Gasteiger charge is 2.44. The van der Waals surface area contributed by atoms with Gasteiger partial charge in [0.25, 0.3) is 0 Å². The lowest BCUT2D eigenvalue weighted by Gasteiger charge is -2.42. The van der Waals surface area contributed by atoms with Gasteiger partial charge in [-0.15, -0.1) is 0 Å². The number of carbonyl (C=O) groups excluding carboxylic acids is 1. The van der Waals surface area contributed by atoms with Crippen LogP contribution in [0.2, 0.25) is 5.02 Å². The van der Waals surface area contributed by atoms with Crippen molar-refractivity contribution in [1.29, 1.82) is 0 Å². The summed E-state index contributed by atoms with van der Waals surface area (Å²) >= 11 is 6.41. The van der Waals surface area contributed by atoms with E-state index < -0.39 is 11.6 Å². The lowest BCUT2D eigenvalue weighted by Crippen LogP contribution is -2.43. The van der Waals surface area contributed by atoms with E-state index in [4.69, 9.17) is 16.3 Å². The summed E-state index contributed by atoms with van der Waals surface area (Å²) in [5.74, 6) is -0.711. The molecule has 5 nitrogen and oxygen atoms in total. The molecule has 28 heavy (non-hydrogen) atoms. The number of benzene rings is 2. The van der Waals surface area contributed by atoms with E-state index >= 15 is 0 Å². The predicted octanol–water partition coefficient (Wildman–Crippen LogP) is 4.20. The highest BCUT2D eigenvalue weighted by Crippen LogP contribution is 2.48. The van der Waals surface area contributed by atoms with Crippen molar-refractivity contribution in [3.8, 4) is 11.5 Å². The second-order valence-electron chi connectivity index (χ2n) is 7.65. The van der Waals surface area contributed by atoms with E-state index in [1.807, 2.05) is 25.1 Å². The van der Waals surface area contributed by atoms with Gasteiger partial charge in [-0.25, -0.2) is 4.79 Å². The molecule has 0 heterocycles. The van der Waals surface area contributed by atoms with E-state index in [1.54, 1.807) is 24.3 Å². The van der Waals surface area contributed by atoms with Crippen molar-refractivity contribution in [2.45, 2.75) is 31.3 Å². The molecule has 0 bridgehead atoms. The van der Waals surface area contributed by atoms with Crippen LogP contribution < -0.4 is 4.74 Å². The number of hydrogen-bond donors (Lipinski definition) is 2. The molecule has 1 aliphatic carbocycles. The minimum absolute atomic E-state index is 0.00847. The van der Waals surface area contributed by atoms with Gasteiger partial charge in [0, 0.05) is 18.0 Å². The number of halogens is 1. The number of aliphatic hydroxyl groups is 1. The first-order chi connectivity index (χ1) is 13.3. The molecule has 1 fully saturated rings. The smallest absolute Gasteiger partial charge is 0.347 e. The number of esters is 1. The first-order valence-electron chi connectivity index (χ1n) is 9.49. The molecule has 0 spiro atoms. The molecular formula is C22H26ClNO4. The zero-order chi connectivity index (χ0) is 20.3. The number of aromatic hydroxyl groups is 1. The monoisotopic (exact) mass is 403 g/mol. The summed E-state index contributed by atoms with van der Waals surface area (Å²) in [6.07, 6.45) is 3.14. The number of rotatable bonds is 5. The van der Waals surface area contributed by atoms with Gasteiger partial charge < -0.3 is 19.8 Å². The third kappa shape index (κ3) is 4.17. The molecule has 0 radical (unpaired) electrons. The van der Waals surface area contributed by atoms with E-state index in [2.05, 4.69) is 0 Å². The zero-order valence-corrected chi connectivity index (χ0v) is 16.9. The molecule has 150 valence electrons. The maximum absolute atomic E-state index is 12.6. The molecule has 6 heteroatoms. The minimum Gasteiger partial charge on any atom is -0.507 e. The van der Waals surface area contributed by atoms with Gasteiger partial charge in [-0.05, 0) is 51.2 Å². The molecule has 2 aromatic carbocycles. The molecule has 1 aliphatic rings. The summed E-state index contributed by atoms with van der Waals surface area (Å²) in [5.41, 5.74) is -1.08. The SMILES string of the molecule is CN(C)C[C@H]1CCCC[C@]1(O)c1c(Cl)ccc(C(=O)Oc2ccccc2)c1O. The third-order valence-corrected chi connectivity index (χ3v) is 5.67. The fraction of sp³-hybridized carbons (Fsp3) is 0.409. The van der Waals surface area contributed by atoms with Crippen LogP contribution in [0, 0.1) is 5.92 Å². The summed E-state index contributed by atoms with van der Waals surface area (Å²) in [6, 6.07) is 11.6. The quantitative estimate of drug-likeness (QED) is 0.578. The number of ether oxygens (including phenoxy) is 1. The number of hydrogen-bond acceptors (Lipinski definition) is 5. The normalized spacial score (nSPS) is 22.2. The van der Waals surface area contributed by atoms with Crippen molar-refractivity contribution in [1.82, 2.24) is 4.90 Å². The molecule has 1 saturated carbocycles. The third-order valence-electron chi connectivity index (χ3n) is 5.36. The molecule has 0 unspecified atom stereocenters. The second kappa shape index (κ2) is 8.52. The molecule has 0 aromatic heterocycles. The Morgan fingerprint density at radius 2 is 1.93 bits per heavy atom. The Bertz CT molecular complexity index is 840. The Hall–Kier alpha value is -2.08. The van der Waals surface area contributed by atoms with Crippen LogP contribution >= 0.6 is 11.6 Å². The number of para-hydroxylation sites is 1. The Balaban J connectivity index is 1.99. The predicted molar refractivity (Wildman–Crippen MR) is 109 cm³/mol. The highest BCUT2D eigenvalue weighted by atomic mass is 35.5. The molecule has 0 saturated heterocycles. The second-order valence-corrected chi connectivity index (χ2v) is 8.06. The standard InChI is InChI=1S/C22H26ClNO4/c1-24(2)14-15-8-6-7-13-22(15,27)19-18(23)12-11-17(20(19)25)21(26)28-16-9-4-3-5-10-16/h3-5,9-12,15,25,27H,6-8,13-14H2,1-2H3/t15-,22-/m1/s1. The minimum atomic E-state index is -1.30. The topological polar surface area (TPSA) is 70.0 Å². The van der Waals surface area contributed by atoms with Gasteiger partial charge in [0.05, 0.1) is 10.6 Å². The summed E-state index contributed by atoms with van der Waals surface area (Å²) < 4.78 is 5.36. The first kappa shape index (κ1) is 20.6. The maximum atomic E-state index is 12.6. The summed E-state index contributed by atoms with van der Waals surface area (Å²) in [5, 5.41) is 22.8. The van der Waals surface area contributed by atoms with Gasteiger partial charge in [-0.2, -0.15) is 0 Å². The lowest BCUT2D eigenvalue weighted by molar-refractivity contribution is -0.0631. The fourth-order valence-electron chi connectivity index (χ4n) is 4.03. The average molecular weight is 404 g/mol. The van der Waals surface area contributed by atoms with Crippen molar-refractivity contribution >= 4 is 17.6 Å². The summed E-state index contributed by atoms with van der Waals surface area (Å²) in [4.78, 5) is 14.6. The van der Waals surface area contributed by atoms with E-state index in [0.29, 0.717) is 18.7 Å². The van der Waals surface area contributed by atoms with Crippen molar-refractivity contribution < 1.29 is 19.7 Å². The summed E-state index contributed by atoms with van der Waals surface area (Å²) in [6.45, 7) is 0.658. The molecule has 2 N–H and O–H groups in total. The fourth-order valence-corrected chi connectivity index (χ4v) is 4.35. The van der Waals surface area contributed by atoms with Crippen LogP contribution in [0.1, 0.15) is 41.6 Å². The highest BCUT2D eigenvalue weighted by molar-refractivity contribution is 6.32. The number of nitrogens with zero attached hydrogens (tertiary/aromatic N) is 1. The molecule has 0 amide bonds. The van der Waals surface area contributed by atoms with Gasteiger partial charge in [0.2, 0.25) is 0 Å². The van der Waals surface area contributed by atoms with Gasteiger partial charge in [-0.1, -0.05) is 42.6 Å². The van der Waals surface area contributed by atoms with E-state index in [0.717, 1.165) is 19.3 Å². The Kier molecular flexibility index (Phi) is 6.28. The van der Waals surface area contributed by atoms with Crippen molar-refractivity contribution in [2.75, 3.05) is 20.6 Å². The zero-order valence-electron chi connectivity index (χ0n) is 16.2. The van der Waals surface area contributed by atoms with Gasteiger partial charge in [-0.3, -0.25) is 0 Å². The molecule has 3 rings (SSSR count). The number of phenolic OH excluding ortho intramolecular Hbond substituents is 1. The van der Waals surface area contributed by atoms with Gasteiger partial charge in [0.1, 0.15) is 17.1 Å². The molecular weight excluding hydrogens is 378 g/mol.